The van der Waals surface area contributed by atoms with Crippen molar-refractivity contribution >= 4 is 34.7 Å². The maximum absolute atomic E-state index is 6.31. The molecule has 33 heavy (non-hydrogen) atoms. The van der Waals surface area contributed by atoms with E-state index in [1.54, 1.807) is 30.2 Å². The van der Waals surface area contributed by atoms with Gasteiger partial charge in [-0.2, -0.15) is 0 Å². The molecule has 0 N–H and O–H groups in total. The Balaban J connectivity index is 1.46. The molecule has 0 fully saturated rings. The Morgan fingerprint density at radius 3 is 2.64 bits per heavy atom. The lowest BCUT2D eigenvalue weighted by Crippen LogP contribution is -2.12. The van der Waals surface area contributed by atoms with Crippen molar-refractivity contribution in [3.63, 3.8) is 0 Å². The Morgan fingerprint density at radius 1 is 1.15 bits per heavy atom. The van der Waals surface area contributed by atoms with Gasteiger partial charge < -0.3 is 9.47 Å². The average molecular weight is 499 g/mol. The number of hydrogen-bond donors (Lipinski definition) is 0. The van der Waals surface area contributed by atoms with Crippen LogP contribution in [0.15, 0.2) is 71.7 Å². The van der Waals surface area contributed by atoms with Crippen molar-refractivity contribution in [2.75, 3.05) is 7.11 Å². The van der Waals surface area contributed by atoms with Crippen LogP contribution in [-0.4, -0.2) is 26.9 Å². The van der Waals surface area contributed by atoms with E-state index in [9.17, 15) is 0 Å². The predicted molar refractivity (Wildman–Crippen MR) is 134 cm³/mol. The summed E-state index contributed by atoms with van der Waals surface area (Å²) in [7, 11) is 1.64. The van der Waals surface area contributed by atoms with Gasteiger partial charge in [0.1, 0.15) is 16.5 Å². The first-order valence-electron chi connectivity index (χ1n) is 10.3. The molecule has 1 atom stereocenters. The number of methoxy groups -OCH3 is 1. The molecule has 0 aliphatic rings. The number of nitrogens with zero attached hydrogens (tertiary/aromatic N) is 4. The fourth-order valence-corrected chi connectivity index (χ4v) is 5.28. The molecule has 0 radical (unpaired) electrons. The van der Waals surface area contributed by atoms with Gasteiger partial charge in [0.25, 0.3) is 0 Å². The lowest BCUT2D eigenvalue weighted by molar-refractivity contribution is 0.210. The lowest BCUT2D eigenvalue weighted by Gasteiger charge is -2.16. The van der Waals surface area contributed by atoms with Crippen LogP contribution in [0.5, 0.6) is 11.5 Å². The highest BCUT2D eigenvalue weighted by molar-refractivity contribution is 7.98. The van der Waals surface area contributed by atoms with Gasteiger partial charge in [-0.15, -0.1) is 28.1 Å². The first kappa shape index (κ1) is 23.4. The second-order valence-electron chi connectivity index (χ2n) is 7.09. The number of allylic oxidation sites excluding steroid dienone is 1. The van der Waals surface area contributed by atoms with Gasteiger partial charge in [0, 0.05) is 23.2 Å². The summed E-state index contributed by atoms with van der Waals surface area (Å²) in [4.78, 5) is 4.74. The van der Waals surface area contributed by atoms with Crippen molar-refractivity contribution in [1.82, 2.24) is 19.7 Å². The molecule has 170 valence electrons. The molecule has 0 amide bonds. The third-order valence-corrected chi connectivity index (χ3v) is 7.05. The van der Waals surface area contributed by atoms with Crippen molar-refractivity contribution in [1.29, 1.82) is 0 Å². The van der Waals surface area contributed by atoms with E-state index in [2.05, 4.69) is 22.2 Å². The second-order valence-corrected chi connectivity index (χ2v) is 9.30. The first-order valence-corrected chi connectivity index (χ1v) is 12.5. The highest BCUT2D eigenvalue weighted by Crippen LogP contribution is 2.32. The minimum atomic E-state index is -0.286. The van der Waals surface area contributed by atoms with Gasteiger partial charge in [0.05, 0.1) is 17.8 Å². The highest BCUT2D eigenvalue weighted by atomic mass is 35.5. The molecule has 2 aromatic heterocycles. The fourth-order valence-electron chi connectivity index (χ4n) is 3.19. The average Bonchev–Trinajstić information content (AvgIpc) is 3.46. The zero-order valence-electron chi connectivity index (χ0n) is 18.3. The largest absolute Gasteiger partial charge is 0.497 e. The van der Waals surface area contributed by atoms with Crippen molar-refractivity contribution in [2.45, 2.75) is 30.5 Å². The Bertz CT molecular complexity index is 1220. The summed E-state index contributed by atoms with van der Waals surface area (Å²) in [6.45, 7) is 6.42. The van der Waals surface area contributed by atoms with Crippen LogP contribution in [-0.2, 0) is 12.3 Å². The van der Waals surface area contributed by atoms with Gasteiger partial charge in [0.15, 0.2) is 17.1 Å². The molecule has 0 saturated heterocycles. The minimum Gasteiger partial charge on any atom is -0.497 e. The fraction of sp³-hybridized carbons (Fsp3) is 0.208. The Morgan fingerprint density at radius 2 is 1.91 bits per heavy atom. The van der Waals surface area contributed by atoms with Crippen LogP contribution in [0.1, 0.15) is 24.5 Å². The van der Waals surface area contributed by atoms with E-state index in [1.165, 1.54) is 0 Å². The molecule has 2 aromatic carbocycles. The van der Waals surface area contributed by atoms with Crippen LogP contribution in [0.3, 0.4) is 0 Å². The molecular formula is C24H23ClN4O2S2. The van der Waals surface area contributed by atoms with Crippen LogP contribution in [0.4, 0.5) is 0 Å². The van der Waals surface area contributed by atoms with Crippen LogP contribution in [0, 0.1) is 0 Å². The molecule has 0 aliphatic carbocycles. The van der Waals surface area contributed by atoms with Crippen LogP contribution in [0.2, 0.25) is 5.02 Å². The van der Waals surface area contributed by atoms with Gasteiger partial charge in [-0.05, 0) is 37.3 Å². The molecule has 6 nitrogen and oxygen atoms in total. The van der Waals surface area contributed by atoms with Crippen molar-refractivity contribution in [3.8, 4) is 22.1 Å². The quantitative estimate of drug-likeness (QED) is 0.179. The number of thiazole rings is 1. The predicted octanol–water partition coefficient (Wildman–Crippen LogP) is 6.68. The molecule has 0 aliphatic heterocycles. The summed E-state index contributed by atoms with van der Waals surface area (Å²) in [5.41, 5.74) is 1.92. The van der Waals surface area contributed by atoms with E-state index < -0.39 is 0 Å². The zero-order valence-corrected chi connectivity index (χ0v) is 20.7. The normalized spacial score (nSPS) is 11.8. The van der Waals surface area contributed by atoms with Gasteiger partial charge in [0.2, 0.25) is 0 Å². The van der Waals surface area contributed by atoms with Gasteiger partial charge in [-0.3, -0.25) is 4.57 Å². The molecule has 0 saturated carbocycles. The molecule has 0 bridgehead atoms. The summed E-state index contributed by atoms with van der Waals surface area (Å²) in [6, 6.07) is 15.2. The van der Waals surface area contributed by atoms with Gasteiger partial charge in [-0.25, -0.2) is 4.98 Å². The summed E-state index contributed by atoms with van der Waals surface area (Å²) in [5.74, 6) is 2.93. The van der Waals surface area contributed by atoms with Crippen molar-refractivity contribution in [2.24, 2.45) is 0 Å². The van der Waals surface area contributed by atoms with E-state index in [-0.39, 0.29) is 6.10 Å². The van der Waals surface area contributed by atoms with Gasteiger partial charge in [-0.1, -0.05) is 47.6 Å². The third-order valence-electron chi connectivity index (χ3n) is 4.80. The SMILES string of the molecule is C=CCn1c(SCc2csc(-c3ccccc3Cl)n2)nnc1C(C)Oc1ccc(OC)cc1. The lowest BCUT2D eigenvalue weighted by atomic mass is 10.2. The minimum absolute atomic E-state index is 0.286. The maximum atomic E-state index is 6.31. The summed E-state index contributed by atoms with van der Waals surface area (Å²) in [5, 5.41) is 13.3. The molecule has 0 spiro atoms. The van der Waals surface area contributed by atoms with Crippen LogP contribution >= 0.6 is 34.7 Å². The van der Waals surface area contributed by atoms with Gasteiger partial charge >= 0.3 is 0 Å². The zero-order chi connectivity index (χ0) is 23.2. The third kappa shape index (κ3) is 5.58. The molecule has 2 heterocycles. The number of thioether (sulfide) groups is 1. The van der Waals surface area contributed by atoms with E-state index in [0.717, 1.165) is 38.7 Å². The van der Waals surface area contributed by atoms with Crippen LogP contribution in [0.25, 0.3) is 10.6 Å². The van der Waals surface area contributed by atoms with E-state index in [1.807, 2.05) is 66.1 Å². The summed E-state index contributed by atoms with van der Waals surface area (Å²) < 4.78 is 13.3. The van der Waals surface area contributed by atoms with Crippen molar-refractivity contribution in [3.05, 3.63) is 83.1 Å². The molecule has 1 unspecified atom stereocenters. The maximum Gasteiger partial charge on any atom is 0.192 e. The van der Waals surface area contributed by atoms with Crippen LogP contribution < -0.4 is 9.47 Å². The van der Waals surface area contributed by atoms with Crippen molar-refractivity contribution < 1.29 is 9.47 Å². The number of ether oxygens (including phenoxy) is 2. The molecule has 4 rings (SSSR count). The second kappa shape index (κ2) is 10.9. The summed E-state index contributed by atoms with van der Waals surface area (Å²) in [6.07, 6.45) is 1.54. The van der Waals surface area contributed by atoms with E-state index in [0.29, 0.717) is 17.3 Å². The Hall–Kier alpha value is -2.81. The molecule has 4 aromatic rings. The molecule has 9 heteroatoms. The number of aromatic nitrogens is 4. The number of rotatable bonds is 10. The first-order chi connectivity index (χ1) is 16.1. The van der Waals surface area contributed by atoms with E-state index >= 15 is 0 Å². The number of benzene rings is 2. The monoisotopic (exact) mass is 498 g/mol. The Labute approximate surface area is 206 Å². The number of hydrogen-bond acceptors (Lipinski definition) is 7. The molecular weight excluding hydrogens is 476 g/mol. The highest BCUT2D eigenvalue weighted by Gasteiger charge is 2.19. The van der Waals surface area contributed by atoms with E-state index in [4.69, 9.17) is 26.1 Å². The topological polar surface area (TPSA) is 62.1 Å². The Kier molecular flexibility index (Phi) is 7.69. The summed E-state index contributed by atoms with van der Waals surface area (Å²) >= 11 is 9.48. The smallest absolute Gasteiger partial charge is 0.192 e. The standard InChI is InChI=1S/C24H23ClN4O2S2/c1-4-13-29-22(16(2)31-19-11-9-18(30-3)10-12-19)27-28-24(29)33-15-17-14-32-23(26-17)20-7-5-6-8-21(20)25/h4-12,14,16H,1,13,15H2,2-3H3. The number of halogens is 1.